The highest BCUT2D eigenvalue weighted by Gasteiger charge is 2.36. The molecule has 12 heavy (non-hydrogen) atoms. The highest BCUT2D eigenvalue weighted by Crippen LogP contribution is 2.46. The zero-order valence-corrected chi connectivity index (χ0v) is 6.90. The average Bonchev–Trinajstić information content (AvgIpc) is 2.85. The van der Waals surface area contributed by atoms with Gasteiger partial charge in [-0.2, -0.15) is 0 Å². The molecule has 1 aromatic rings. The van der Waals surface area contributed by atoms with E-state index in [1.807, 2.05) is 12.1 Å². The fourth-order valence-corrected chi connectivity index (χ4v) is 1.64. The van der Waals surface area contributed by atoms with Gasteiger partial charge in [-0.05, 0) is 42.5 Å². The van der Waals surface area contributed by atoms with Crippen molar-refractivity contribution in [2.45, 2.75) is 12.3 Å². The lowest BCUT2D eigenvalue weighted by molar-refractivity contribution is 0.475. The van der Waals surface area contributed by atoms with Crippen molar-refractivity contribution in [2.75, 3.05) is 6.54 Å². The van der Waals surface area contributed by atoms with Gasteiger partial charge >= 0.3 is 0 Å². The second-order valence-electron chi connectivity index (χ2n) is 3.43. The van der Waals surface area contributed by atoms with Crippen LogP contribution in [0, 0.1) is 5.92 Å². The summed E-state index contributed by atoms with van der Waals surface area (Å²) in [6.45, 7) is 0.783. The molecule has 0 heterocycles. The Morgan fingerprint density at radius 1 is 1.33 bits per heavy atom. The van der Waals surface area contributed by atoms with Gasteiger partial charge in [0, 0.05) is 0 Å². The van der Waals surface area contributed by atoms with Crippen LogP contribution in [0.2, 0.25) is 0 Å². The lowest BCUT2D eigenvalue weighted by Gasteiger charge is -1.98. The van der Waals surface area contributed by atoms with E-state index in [1.54, 1.807) is 12.1 Å². The smallest absolute Gasteiger partial charge is 0.115 e. The molecule has 2 atom stereocenters. The third kappa shape index (κ3) is 1.30. The van der Waals surface area contributed by atoms with E-state index in [9.17, 15) is 0 Å². The predicted octanol–water partition coefficient (Wildman–Crippen LogP) is 1.45. The number of phenolic OH excluding ortho intramolecular Hbond substituents is 1. The molecule has 1 aliphatic carbocycles. The van der Waals surface area contributed by atoms with E-state index >= 15 is 0 Å². The summed E-state index contributed by atoms with van der Waals surface area (Å²) in [7, 11) is 0. The van der Waals surface area contributed by atoms with Crippen molar-refractivity contribution in [1.29, 1.82) is 0 Å². The summed E-state index contributed by atoms with van der Waals surface area (Å²) in [6, 6.07) is 7.44. The zero-order chi connectivity index (χ0) is 8.55. The molecule has 64 valence electrons. The van der Waals surface area contributed by atoms with Gasteiger partial charge in [-0.3, -0.25) is 0 Å². The minimum absolute atomic E-state index is 0.337. The summed E-state index contributed by atoms with van der Waals surface area (Å²) < 4.78 is 0. The Kier molecular flexibility index (Phi) is 1.77. The van der Waals surface area contributed by atoms with Crippen LogP contribution in [-0.4, -0.2) is 11.7 Å². The highest BCUT2D eigenvalue weighted by atomic mass is 16.3. The SMILES string of the molecule is NC[C@@H]1C[C@H]1c1ccc(O)cc1. The summed E-state index contributed by atoms with van der Waals surface area (Å²) >= 11 is 0. The first-order valence-corrected chi connectivity index (χ1v) is 4.30. The maximum atomic E-state index is 9.06. The summed E-state index contributed by atoms with van der Waals surface area (Å²) in [5.74, 6) is 1.66. The second-order valence-corrected chi connectivity index (χ2v) is 3.43. The quantitative estimate of drug-likeness (QED) is 0.693. The monoisotopic (exact) mass is 163 g/mol. The molecule has 0 amide bonds. The fourth-order valence-electron chi connectivity index (χ4n) is 1.64. The molecule has 1 aromatic carbocycles. The van der Waals surface area contributed by atoms with Gasteiger partial charge in [0.1, 0.15) is 5.75 Å². The molecule has 0 bridgehead atoms. The largest absolute Gasteiger partial charge is 0.508 e. The third-order valence-electron chi connectivity index (χ3n) is 2.55. The molecule has 3 N–H and O–H groups in total. The molecular weight excluding hydrogens is 150 g/mol. The van der Waals surface area contributed by atoms with E-state index in [0.717, 1.165) is 6.54 Å². The third-order valence-corrected chi connectivity index (χ3v) is 2.55. The van der Waals surface area contributed by atoms with E-state index in [-0.39, 0.29) is 0 Å². The Labute approximate surface area is 72.0 Å². The number of benzene rings is 1. The van der Waals surface area contributed by atoms with Gasteiger partial charge in [-0.15, -0.1) is 0 Å². The Morgan fingerprint density at radius 3 is 2.50 bits per heavy atom. The van der Waals surface area contributed by atoms with Crippen LogP contribution >= 0.6 is 0 Å². The number of nitrogens with two attached hydrogens (primary N) is 1. The van der Waals surface area contributed by atoms with Crippen LogP contribution < -0.4 is 5.73 Å². The minimum Gasteiger partial charge on any atom is -0.508 e. The number of phenols is 1. The Hall–Kier alpha value is -1.02. The van der Waals surface area contributed by atoms with Crippen LogP contribution in [0.1, 0.15) is 17.9 Å². The average molecular weight is 163 g/mol. The van der Waals surface area contributed by atoms with Gasteiger partial charge in [-0.1, -0.05) is 12.1 Å². The number of rotatable bonds is 2. The lowest BCUT2D eigenvalue weighted by Crippen LogP contribution is -2.01. The molecule has 1 aliphatic rings. The van der Waals surface area contributed by atoms with E-state index in [4.69, 9.17) is 10.8 Å². The minimum atomic E-state index is 0.337. The molecule has 0 saturated heterocycles. The van der Waals surface area contributed by atoms with Gasteiger partial charge in [0.15, 0.2) is 0 Å². The fraction of sp³-hybridized carbons (Fsp3) is 0.400. The summed E-state index contributed by atoms with van der Waals surface area (Å²) in [5, 5.41) is 9.06. The first kappa shape index (κ1) is 7.62. The van der Waals surface area contributed by atoms with Crippen molar-refractivity contribution in [2.24, 2.45) is 11.7 Å². The molecule has 0 unspecified atom stereocenters. The van der Waals surface area contributed by atoms with Crippen molar-refractivity contribution in [1.82, 2.24) is 0 Å². The van der Waals surface area contributed by atoms with Crippen LogP contribution in [0.5, 0.6) is 5.75 Å². The lowest BCUT2D eigenvalue weighted by atomic mass is 10.1. The molecule has 0 aromatic heterocycles. The molecule has 2 rings (SSSR count). The van der Waals surface area contributed by atoms with Crippen molar-refractivity contribution < 1.29 is 5.11 Å². The van der Waals surface area contributed by atoms with Gasteiger partial charge in [0.05, 0.1) is 0 Å². The first-order chi connectivity index (χ1) is 5.81. The molecular formula is C10H13NO. The highest BCUT2D eigenvalue weighted by molar-refractivity contribution is 5.31. The van der Waals surface area contributed by atoms with Gasteiger partial charge in [0.25, 0.3) is 0 Å². The number of hydrogen-bond donors (Lipinski definition) is 2. The zero-order valence-electron chi connectivity index (χ0n) is 6.90. The number of hydrogen-bond acceptors (Lipinski definition) is 2. The van der Waals surface area contributed by atoms with Crippen molar-refractivity contribution in [3.8, 4) is 5.75 Å². The van der Waals surface area contributed by atoms with Gasteiger partial charge < -0.3 is 10.8 Å². The Bertz CT molecular complexity index is 268. The topological polar surface area (TPSA) is 46.2 Å². The predicted molar refractivity (Wildman–Crippen MR) is 48.0 cm³/mol. The standard InChI is InChI=1S/C10H13NO/c11-6-8-5-10(8)7-1-3-9(12)4-2-7/h1-4,8,10,12H,5-6,11H2/t8-,10-/m0/s1. The first-order valence-electron chi connectivity index (χ1n) is 4.30. The summed E-state index contributed by atoms with van der Waals surface area (Å²) in [5.41, 5.74) is 6.85. The number of aromatic hydroxyl groups is 1. The second kappa shape index (κ2) is 2.79. The molecule has 2 nitrogen and oxygen atoms in total. The Balaban J connectivity index is 2.10. The maximum absolute atomic E-state index is 9.06. The van der Waals surface area contributed by atoms with Crippen LogP contribution in [0.3, 0.4) is 0 Å². The van der Waals surface area contributed by atoms with Gasteiger partial charge in [0.2, 0.25) is 0 Å². The van der Waals surface area contributed by atoms with Crippen LogP contribution in [0.15, 0.2) is 24.3 Å². The van der Waals surface area contributed by atoms with Crippen LogP contribution in [0.4, 0.5) is 0 Å². The van der Waals surface area contributed by atoms with Crippen molar-refractivity contribution in [3.63, 3.8) is 0 Å². The van der Waals surface area contributed by atoms with Crippen molar-refractivity contribution >= 4 is 0 Å². The van der Waals surface area contributed by atoms with Crippen LogP contribution in [0.25, 0.3) is 0 Å². The summed E-state index contributed by atoms with van der Waals surface area (Å²) in [6.07, 6.45) is 1.21. The van der Waals surface area contributed by atoms with E-state index < -0.39 is 0 Å². The Morgan fingerprint density at radius 2 is 2.00 bits per heavy atom. The molecule has 0 radical (unpaired) electrons. The molecule has 0 spiro atoms. The van der Waals surface area contributed by atoms with Gasteiger partial charge in [-0.25, -0.2) is 0 Å². The molecule has 1 fully saturated rings. The van der Waals surface area contributed by atoms with E-state index in [2.05, 4.69) is 0 Å². The normalized spacial score (nSPS) is 27.1. The van der Waals surface area contributed by atoms with Crippen LogP contribution in [-0.2, 0) is 0 Å². The van der Waals surface area contributed by atoms with Crippen molar-refractivity contribution in [3.05, 3.63) is 29.8 Å². The molecule has 2 heteroatoms. The van der Waals surface area contributed by atoms with E-state index in [1.165, 1.54) is 12.0 Å². The van der Waals surface area contributed by atoms with E-state index in [0.29, 0.717) is 17.6 Å². The summed E-state index contributed by atoms with van der Waals surface area (Å²) in [4.78, 5) is 0. The molecule has 1 saturated carbocycles. The molecule has 0 aliphatic heterocycles. The maximum Gasteiger partial charge on any atom is 0.115 e.